The van der Waals surface area contributed by atoms with E-state index < -0.39 is 5.41 Å². The molecular weight excluding hydrogens is 584 g/mol. The van der Waals surface area contributed by atoms with Gasteiger partial charge < -0.3 is 4.79 Å². The lowest BCUT2D eigenvalue weighted by molar-refractivity contribution is -0.123. The summed E-state index contributed by atoms with van der Waals surface area (Å²) in [4.78, 5) is 66.6. The van der Waals surface area contributed by atoms with Gasteiger partial charge in [-0.05, 0) is 134 Å². The van der Waals surface area contributed by atoms with Crippen LogP contribution in [0, 0.1) is 23.2 Å². The van der Waals surface area contributed by atoms with E-state index in [2.05, 4.69) is 31.7 Å². The first-order valence-electron chi connectivity index (χ1n) is 17.2. The lowest BCUT2D eigenvalue weighted by Gasteiger charge is -2.46. The van der Waals surface area contributed by atoms with Gasteiger partial charge in [0.2, 0.25) is 0 Å². The van der Waals surface area contributed by atoms with Crippen molar-refractivity contribution < 1.29 is 24.0 Å². The Morgan fingerprint density at radius 2 is 1.53 bits per heavy atom. The van der Waals surface area contributed by atoms with Crippen LogP contribution in [0.25, 0.3) is 0 Å². The third-order valence-electron chi connectivity index (χ3n) is 11.0. The van der Waals surface area contributed by atoms with Crippen molar-refractivity contribution in [2.45, 2.75) is 98.3 Å². The second-order valence-electron chi connectivity index (χ2n) is 14.6. The average Bonchev–Trinajstić information content (AvgIpc) is 3.01. The molecule has 6 aliphatic rings. The van der Waals surface area contributed by atoms with E-state index in [4.69, 9.17) is 0 Å². The average molecular weight is 633 g/mol. The summed E-state index contributed by atoms with van der Waals surface area (Å²) >= 11 is 0. The van der Waals surface area contributed by atoms with E-state index in [1.165, 1.54) is 35.5 Å². The molecular formula is C42H48O5. The van der Waals surface area contributed by atoms with Crippen molar-refractivity contribution in [2.24, 2.45) is 23.2 Å². The molecule has 6 aliphatic carbocycles. The molecule has 0 N–H and O–H groups in total. The van der Waals surface area contributed by atoms with Crippen LogP contribution in [-0.4, -0.2) is 29.4 Å². The number of rotatable bonds is 2. The number of hydrogen-bond acceptors (Lipinski definition) is 5. The topological polar surface area (TPSA) is 85.3 Å². The van der Waals surface area contributed by atoms with Gasteiger partial charge in [-0.2, -0.15) is 0 Å². The number of ketones is 4. The van der Waals surface area contributed by atoms with Gasteiger partial charge in [0.25, 0.3) is 0 Å². The molecule has 0 spiro atoms. The van der Waals surface area contributed by atoms with Crippen LogP contribution in [0.1, 0.15) is 98.3 Å². The summed E-state index contributed by atoms with van der Waals surface area (Å²) in [5.74, 6) is -0.931. The first kappa shape index (κ1) is 34.3. The number of fused-ring (bicyclic) bond motifs is 10. The SMILES string of the molecule is C=C(C)[C@@H]1CC/C(C)=C/CC[C@]2(C=O)[C@H](CC3=C[C@@H]2C/C(C)=C/CC2=CC(=O)C(=CC2=O)C/C(C)=C\CC3)CC2=CC(=O)C=C1C2=O. The minimum Gasteiger partial charge on any atom is -0.303 e. The summed E-state index contributed by atoms with van der Waals surface area (Å²) in [5.41, 5.74) is 6.75. The van der Waals surface area contributed by atoms with E-state index in [1.54, 1.807) is 0 Å². The lowest BCUT2D eigenvalue weighted by Crippen LogP contribution is -2.43. The fourth-order valence-electron chi connectivity index (χ4n) is 8.25. The summed E-state index contributed by atoms with van der Waals surface area (Å²) in [7, 11) is 0. The van der Waals surface area contributed by atoms with Crippen molar-refractivity contribution >= 4 is 29.4 Å². The van der Waals surface area contributed by atoms with Crippen LogP contribution in [0.5, 0.6) is 0 Å². The van der Waals surface area contributed by atoms with Crippen molar-refractivity contribution in [2.75, 3.05) is 0 Å². The highest BCUT2D eigenvalue weighted by Crippen LogP contribution is 2.52. The molecule has 0 saturated carbocycles. The normalized spacial score (nSPS) is 32.9. The molecule has 5 heteroatoms. The maximum atomic E-state index is 14.1. The minimum absolute atomic E-state index is 0.0909. The second-order valence-corrected chi connectivity index (χ2v) is 14.6. The Kier molecular flexibility index (Phi) is 10.5. The summed E-state index contributed by atoms with van der Waals surface area (Å²) in [5, 5.41) is 0. The Morgan fingerprint density at radius 3 is 2.28 bits per heavy atom. The van der Waals surface area contributed by atoms with Crippen molar-refractivity contribution in [3.05, 3.63) is 105 Å². The van der Waals surface area contributed by atoms with Crippen molar-refractivity contribution in [1.29, 1.82) is 0 Å². The Morgan fingerprint density at radius 1 is 0.809 bits per heavy atom. The molecule has 0 heterocycles. The smallest absolute Gasteiger partial charge is 0.185 e. The Balaban J connectivity index is 1.58. The van der Waals surface area contributed by atoms with Gasteiger partial charge in [-0.3, -0.25) is 19.2 Å². The molecule has 4 atom stereocenters. The van der Waals surface area contributed by atoms with Crippen LogP contribution in [0.2, 0.25) is 0 Å². The highest BCUT2D eigenvalue weighted by Gasteiger charge is 2.47. The third kappa shape index (κ3) is 7.61. The zero-order valence-electron chi connectivity index (χ0n) is 28.5. The minimum atomic E-state index is -0.743. The van der Waals surface area contributed by atoms with E-state index in [0.29, 0.717) is 67.2 Å². The summed E-state index contributed by atoms with van der Waals surface area (Å²) < 4.78 is 0. The first-order chi connectivity index (χ1) is 22.4. The van der Waals surface area contributed by atoms with Gasteiger partial charge in [0.15, 0.2) is 23.1 Å². The van der Waals surface area contributed by atoms with Gasteiger partial charge >= 0.3 is 0 Å². The summed E-state index contributed by atoms with van der Waals surface area (Å²) in [6.45, 7) is 12.2. The predicted octanol–water partition coefficient (Wildman–Crippen LogP) is 8.70. The molecule has 0 saturated heterocycles. The van der Waals surface area contributed by atoms with Crippen molar-refractivity contribution in [1.82, 2.24) is 0 Å². The van der Waals surface area contributed by atoms with Gasteiger partial charge in [0, 0.05) is 33.6 Å². The molecule has 47 heavy (non-hydrogen) atoms. The van der Waals surface area contributed by atoms with Gasteiger partial charge in [-0.1, -0.05) is 58.7 Å². The molecule has 0 aromatic heterocycles. The lowest BCUT2D eigenvalue weighted by atomic mass is 9.56. The second kappa shape index (κ2) is 14.4. The molecule has 0 aromatic rings. The highest BCUT2D eigenvalue weighted by molar-refractivity contribution is 6.21. The first-order valence-corrected chi connectivity index (χ1v) is 17.2. The number of carbonyl (C=O) groups is 5. The Hall–Kier alpha value is -3.99. The van der Waals surface area contributed by atoms with Crippen LogP contribution in [0.3, 0.4) is 0 Å². The number of Topliss-reactive ketones (excluding diaryl/α,β-unsaturated/α-hetero) is 1. The van der Waals surface area contributed by atoms with Crippen LogP contribution < -0.4 is 0 Å². The largest absolute Gasteiger partial charge is 0.303 e. The molecule has 0 radical (unpaired) electrons. The van der Waals surface area contributed by atoms with E-state index in [0.717, 1.165) is 48.7 Å². The van der Waals surface area contributed by atoms with Crippen LogP contribution in [0.15, 0.2) is 105 Å². The van der Waals surface area contributed by atoms with Crippen molar-refractivity contribution in [3.8, 4) is 0 Å². The Labute approximate surface area is 279 Å². The van der Waals surface area contributed by atoms with E-state index >= 15 is 0 Å². The highest BCUT2D eigenvalue weighted by atomic mass is 16.1. The number of carbonyl (C=O) groups excluding carboxylic acids is 5. The monoisotopic (exact) mass is 632 g/mol. The Bertz CT molecular complexity index is 1660. The molecule has 0 fully saturated rings. The molecule has 6 bridgehead atoms. The molecule has 0 unspecified atom stereocenters. The van der Waals surface area contributed by atoms with Crippen molar-refractivity contribution in [3.63, 3.8) is 0 Å². The molecule has 0 aliphatic heterocycles. The molecule has 0 amide bonds. The summed E-state index contributed by atoms with van der Waals surface area (Å²) in [6.07, 6.45) is 22.8. The maximum absolute atomic E-state index is 14.1. The fraction of sp³-hybridized carbons (Fsp3) is 0.452. The maximum Gasteiger partial charge on any atom is 0.185 e. The van der Waals surface area contributed by atoms with Gasteiger partial charge in [-0.25, -0.2) is 0 Å². The zero-order valence-corrected chi connectivity index (χ0v) is 28.5. The third-order valence-corrected chi connectivity index (χ3v) is 11.0. The number of allylic oxidation sites excluding steroid dienone is 17. The molecule has 246 valence electrons. The van der Waals surface area contributed by atoms with Crippen LogP contribution >= 0.6 is 0 Å². The molecule has 5 nitrogen and oxygen atoms in total. The van der Waals surface area contributed by atoms with Gasteiger partial charge in [-0.15, -0.1) is 0 Å². The number of hydrogen-bond donors (Lipinski definition) is 0. The van der Waals surface area contributed by atoms with Crippen LogP contribution in [0.4, 0.5) is 0 Å². The molecule has 6 rings (SSSR count). The van der Waals surface area contributed by atoms with E-state index in [9.17, 15) is 24.0 Å². The standard InChI is InChI=1S/C42H48O5/c1-26(2)37-14-12-27(3)9-7-15-42(25-43)34-17-29(5)11-13-31-22-40(46)32(23-39(31)45)16-28(4)8-6-10-30(18-34)19-35(42)20-33-21-36(44)24-38(37)41(33)47/h8-9,11,18,21-25,34-35,37H,1,6-7,10,12-17,19-20H2,2-5H3/b27-9+,28-8-,29-11+/t34-,35+,37-,42+/m0/s1. The predicted molar refractivity (Wildman–Crippen MR) is 186 cm³/mol. The van der Waals surface area contributed by atoms with Crippen LogP contribution in [-0.2, 0) is 24.0 Å². The van der Waals surface area contributed by atoms with E-state index in [1.807, 2.05) is 26.8 Å². The van der Waals surface area contributed by atoms with Gasteiger partial charge in [0.1, 0.15) is 6.29 Å². The summed E-state index contributed by atoms with van der Waals surface area (Å²) in [6, 6.07) is 0. The molecule has 0 aromatic carbocycles. The number of aldehydes is 1. The fourth-order valence-corrected chi connectivity index (χ4v) is 8.25. The zero-order chi connectivity index (χ0) is 33.9. The van der Waals surface area contributed by atoms with Gasteiger partial charge in [0.05, 0.1) is 0 Å². The quantitative estimate of drug-likeness (QED) is 0.173. The van der Waals surface area contributed by atoms with E-state index in [-0.39, 0.29) is 40.9 Å².